The molecule has 0 fully saturated rings. The molecule has 0 N–H and O–H groups in total. The Morgan fingerprint density at radius 2 is 2.00 bits per heavy atom. The maximum absolute atomic E-state index is 11.3. The minimum absolute atomic E-state index is 0.132. The lowest BCUT2D eigenvalue weighted by Gasteiger charge is -2.06. The summed E-state index contributed by atoms with van der Waals surface area (Å²) in [5, 5.41) is 11.1. The molecule has 1 aromatic carbocycles. The van der Waals surface area contributed by atoms with E-state index in [0.717, 1.165) is 22.5 Å². The van der Waals surface area contributed by atoms with Gasteiger partial charge in [0.15, 0.2) is 5.78 Å². The highest BCUT2D eigenvalue weighted by molar-refractivity contribution is 7.16. The summed E-state index contributed by atoms with van der Waals surface area (Å²) in [6.07, 6.45) is 0. The van der Waals surface area contributed by atoms with Gasteiger partial charge in [-0.15, -0.1) is 0 Å². The Morgan fingerprint density at radius 1 is 1.30 bits per heavy atom. The number of nitro groups is 1. The molecule has 5 nitrogen and oxygen atoms in total. The molecule has 0 saturated heterocycles. The molecule has 0 spiro atoms. The maximum Gasteiger partial charge on any atom is 0.323 e. The SMILES string of the molecule is CC(=O)c1cc([N+](=O)[O-])c(Oc2ccc(C)cc2C)s1. The van der Waals surface area contributed by atoms with Gasteiger partial charge in [-0.25, -0.2) is 0 Å². The first kappa shape index (κ1) is 14.2. The molecule has 1 heterocycles. The average molecular weight is 291 g/mol. The topological polar surface area (TPSA) is 69.4 Å². The highest BCUT2D eigenvalue weighted by Gasteiger charge is 2.23. The molecule has 0 aliphatic heterocycles. The summed E-state index contributed by atoms with van der Waals surface area (Å²) >= 11 is 0.990. The fourth-order valence-corrected chi connectivity index (χ4v) is 2.64. The van der Waals surface area contributed by atoms with Gasteiger partial charge in [-0.05, 0) is 32.4 Å². The highest BCUT2D eigenvalue weighted by atomic mass is 32.1. The van der Waals surface area contributed by atoms with Crippen LogP contribution in [0.25, 0.3) is 0 Å². The first-order chi connectivity index (χ1) is 9.38. The number of carbonyl (C=O) groups is 1. The molecule has 0 radical (unpaired) electrons. The summed E-state index contributed by atoms with van der Waals surface area (Å²) in [6.45, 7) is 5.20. The molecule has 0 aliphatic rings. The number of carbonyl (C=O) groups excluding carboxylic acids is 1. The number of ketones is 1. The van der Waals surface area contributed by atoms with Crippen molar-refractivity contribution in [2.24, 2.45) is 0 Å². The number of Topliss-reactive ketones (excluding diaryl/α,β-unsaturated/α-hetero) is 1. The number of hydrogen-bond acceptors (Lipinski definition) is 5. The van der Waals surface area contributed by atoms with Crippen molar-refractivity contribution in [3.8, 4) is 10.8 Å². The Balaban J connectivity index is 2.42. The third-order valence-corrected chi connectivity index (χ3v) is 3.86. The Labute approximate surface area is 120 Å². The predicted molar refractivity (Wildman–Crippen MR) is 77.0 cm³/mol. The molecule has 0 amide bonds. The predicted octanol–water partition coefficient (Wildman–Crippen LogP) is 4.27. The summed E-state index contributed by atoms with van der Waals surface area (Å²) in [5.41, 5.74) is 1.79. The van der Waals surface area contributed by atoms with Crippen molar-refractivity contribution in [2.45, 2.75) is 20.8 Å². The molecule has 6 heteroatoms. The van der Waals surface area contributed by atoms with Crippen LogP contribution in [0.1, 0.15) is 27.7 Å². The first-order valence-electron chi connectivity index (χ1n) is 5.92. The monoisotopic (exact) mass is 291 g/mol. The molecular weight excluding hydrogens is 278 g/mol. The van der Waals surface area contributed by atoms with Crippen molar-refractivity contribution in [3.05, 3.63) is 50.4 Å². The molecule has 1 aromatic heterocycles. The van der Waals surface area contributed by atoms with Crippen LogP contribution in [0.3, 0.4) is 0 Å². The van der Waals surface area contributed by atoms with E-state index in [0.29, 0.717) is 10.6 Å². The Kier molecular flexibility index (Phi) is 3.85. The van der Waals surface area contributed by atoms with Gasteiger partial charge in [0.05, 0.1) is 9.80 Å². The Hall–Kier alpha value is -2.21. The van der Waals surface area contributed by atoms with E-state index in [1.165, 1.54) is 13.0 Å². The number of ether oxygens (including phenoxy) is 1. The van der Waals surface area contributed by atoms with E-state index in [-0.39, 0.29) is 16.5 Å². The van der Waals surface area contributed by atoms with Crippen molar-refractivity contribution < 1.29 is 14.5 Å². The number of benzene rings is 1. The zero-order chi connectivity index (χ0) is 14.9. The Morgan fingerprint density at radius 3 is 2.55 bits per heavy atom. The van der Waals surface area contributed by atoms with Crippen LogP contribution < -0.4 is 4.74 Å². The highest BCUT2D eigenvalue weighted by Crippen LogP contribution is 2.40. The van der Waals surface area contributed by atoms with Crippen LogP contribution in [0.4, 0.5) is 5.69 Å². The smallest absolute Gasteiger partial charge is 0.323 e. The zero-order valence-electron chi connectivity index (χ0n) is 11.3. The van der Waals surface area contributed by atoms with Gasteiger partial charge in [0.1, 0.15) is 5.75 Å². The van der Waals surface area contributed by atoms with E-state index in [1.807, 2.05) is 26.0 Å². The van der Waals surface area contributed by atoms with Crippen LogP contribution in [-0.2, 0) is 0 Å². The number of rotatable bonds is 4. The molecule has 104 valence electrons. The molecule has 0 unspecified atom stereocenters. The fourth-order valence-electron chi connectivity index (χ4n) is 1.75. The number of nitrogens with zero attached hydrogens (tertiary/aromatic N) is 1. The molecule has 0 aliphatic carbocycles. The molecule has 0 bridgehead atoms. The minimum atomic E-state index is -0.540. The van der Waals surface area contributed by atoms with Gasteiger partial charge in [0.2, 0.25) is 0 Å². The third-order valence-electron chi connectivity index (χ3n) is 2.76. The van der Waals surface area contributed by atoms with Crippen molar-refractivity contribution in [1.29, 1.82) is 0 Å². The zero-order valence-corrected chi connectivity index (χ0v) is 12.1. The third kappa shape index (κ3) is 2.85. The maximum atomic E-state index is 11.3. The van der Waals surface area contributed by atoms with Crippen LogP contribution in [0, 0.1) is 24.0 Å². The van der Waals surface area contributed by atoms with Gasteiger partial charge in [-0.3, -0.25) is 14.9 Å². The normalized spacial score (nSPS) is 10.3. The first-order valence-corrected chi connectivity index (χ1v) is 6.74. The fraction of sp³-hybridized carbons (Fsp3) is 0.214. The molecule has 0 atom stereocenters. The van der Waals surface area contributed by atoms with Crippen molar-refractivity contribution >= 4 is 22.8 Å². The van der Waals surface area contributed by atoms with Gasteiger partial charge < -0.3 is 4.74 Å². The second-order valence-electron chi connectivity index (χ2n) is 4.47. The molecule has 2 aromatic rings. The van der Waals surface area contributed by atoms with E-state index in [4.69, 9.17) is 4.74 Å². The second kappa shape index (κ2) is 5.42. The number of hydrogen-bond donors (Lipinski definition) is 0. The van der Waals surface area contributed by atoms with Crippen molar-refractivity contribution in [3.63, 3.8) is 0 Å². The van der Waals surface area contributed by atoms with Crippen LogP contribution in [0.2, 0.25) is 0 Å². The van der Waals surface area contributed by atoms with Crippen LogP contribution in [0.5, 0.6) is 10.8 Å². The van der Waals surface area contributed by atoms with Gasteiger partial charge in [-0.2, -0.15) is 0 Å². The lowest BCUT2D eigenvalue weighted by atomic mass is 10.1. The largest absolute Gasteiger partial charge is 0.440 e. The summed E-state index contributed by atoms with van der Waals surface area (Å²) < 4.78 is 5.61. The Bertz CT molecular complexity index is 690. The van der Waals surface area contributed by atoms with Crippen molar-refractivity contribution in [2.75, 3.05) is 0 Å². The van der Waals surface area contributed by atoms with Crippen LogP contribution in [-0.4, -0.2) is 10.7 Å². The average Bonchev–Trinajstić information content (AvgIpc) is 2.77. The van der Waals surface area contributed by atoms with Gasteiger partial charge in [0.25, 0.3) is 5.06 Å². The minimum Gasteiger partial charge on any atom is -0.440 e. The van der Waals surface area contributed by atoms with E-state index >= 15 is 0 Å². The summed E-state index contributed by atoms with van der Waals surface area (Å²) in [7, 11) is 0. The summed E-state index contributed by atoms with van der Waals surface area (Å²) in [4.78, 5) is 22.1. The molecule has 20 heavy (non-hydrogen) atoms. The number of thiophene rings is 1. The number of aryl methyl sites for hydroxylation is 2. The van der Waals surface area contributed by atoms with Crippen molar-refractivity contribution in [1.82, 2.24) is 0 Å². The van der Waals surface area contributed by atoms with Crippen LogP contribution in [0.15, 0.2) is 24.3 Å². The molecular formula is C14H13NO4S. The lowest BCUT2D eigenvalue weighted by Crippen LogP contribution is -1.91. The molecule has 0 saturated carbocycles. The van der Waals surface area contributed by atoms with E-state index in [1.54, 1.807) is 6.07 Å². The second-order valence-corrected chi connectivity index (χ2v) is 5.48. The summed E-state index contributed by atoms with van der Waals surface area (Å²) in [6, 6.07) is 6.82. The quantitative estimate of drug-likeness (QED) is 0.479. The van der Waals surface area contributed by atoms with Gasteiger partial charge in [-0.1, -0.05) is 29.0 Å². The summed E-state index contributed by atoms with van der Waals surface area (Å²) in [5.74, 6) is 0.337. The molecule has 2 rings (SSSR count). The lowest BCUT2D eigenvalue weighted by molar-refractivity contribution is -0.385. The van der Waals surface area contributed by atoms with Crippen LogP contribution >= 0.6 is 11.3 Å². The standard InChI is InChI=1S/C14H13NO4S/c1-8-4-5-12(9(2)6-8)19-14-11(15(17)18)7-13(20-14)10(3)16/h4-7H,1-3H3. The van der Waals surface area contributed by atoms with E-state index in [9.17, 15) is 14.9 Å². The van der Waals surface area contributed by atoms with E-state index < -0.39 is 4.92 Å². The van der Waals surface area contributed by atoms with Gasteiger partial charge in [0, 0.05) is 6.07 Å². The van der Waals surface area contributed by atoms with E-state index in [2.05, 4.69) is 0 Å². The van der Waals surface area contributed by atoms with Gasteiger partial charge >= 0.3 is 5.69 Å².